The quantitative estimate of drug-likeness (QED) is 0.0589. The van der Waals surface area contributed by atoms with Crippen LogP contribution in [0.1, 0.15) is 11.1 Å². The molecule has 0 bridgehead atoms. The number of para-hydroxylation sites is 2. The highest BCUT2D eigenvalue weighted by atomic mass is 35.5. The number of carbonyl (C=O) groups is 4. The van der Waals surface area contributed by atoms with Crippen LogP contribution in [0.25, 0.3) is 0 Å². The van der Waals surface area contributed by atoms with Crippen molar-refractivity contribution >= 4 is 101 Å². The lowest BCUT2D eigenvalue weighted by molar-refractivity contribution is 0.255. The van der Waals surface area contributed by atoms with Gasteiger partial charge in [0.15, 0.2) is 0 Å². The fraction of sp³-hybridized carbons (Fsp3) is 0.0244. The van der Waals surface area contributed by atoms with Crippen LogP contribution in [0.15, 0.2) is 155 Å². The van der Waals surface area contributed by atoms with Gasteiger partial charge < -0.3 is 31.9 Å². The SMILES string of the molecule is O=C(Nc1cccc(Cl)c1)Nc1ccccc1S(=O)(=O)NC(=O)Nc1ccc(Cc2ccc(NC(=O)NS(=O)(=O)c3ccccc3NC(=O)Nc3cccc(Cl)c3)cc2)cc1. The Bertz CT molecular complexity index is 2640. The van der Waals surface area contributed by atoms with E-state index in [0.717, 1.165) is 11.1 Å². The minimum Gasteiger partial charge on any atom is -0.308 e. The van der Waals surface area contributed by atoms with Gasteiger partial charge in [-0.2, -0.15) is 0 Å². The van der Waals surface area contributed by atoms with E-state index in [0.29, 0.717) is 39.2 Å². The topological polar surface area (TPSA) is 233 Å². The molecule has 0 saturated heterocycles. The van der Waals surface area contributed by atoms with Crippen molar-refractivity contribution < 1.29 is 36.0 Å². The molecule has 312 valence electrons. The number of hydrogen-bond acceptors (Lipinski definition) is 8. The smallest absolute Gasteiger partial charge is 0.308 e. The zero-order chi connectivity index (χ0) is 43.6. The molecular formula is C41H34Cl2N8O8S2. The highest BCUT2D eigenvalue weighted by Gasteiger charge is 2.24. The van der Waals surface area contributed by atoms with Gasteiger partial charge in [0.1, 0.15) is 9.79 Å². The average Bonchev–Trinajstić information content (AvgIpc) is 3.19. The molecule has 6 rings (SSSR count). The third-order valence-corrected chi connectivity index (χ3v) is 11.5. The van der Waals surface area contributed by atoms with Crippen molar-refractivity contribution in [1.82, 2.24) is 9.44 Å². The second-order valence-electron chi connectivity index (χ2n) is 12.9. The Hall–Kier alpha value is -7.12. The van der Waals surface area contributed by atoms with E-state index in [2.05, 4.69) is 31.9 Å². The molecule has 0 fully saturated rings. The van der Waals surface area contributed by atoms with Gasteiger partial charge in [-0.3, -0.25) is 0 Å². The zero-order valence-corrected chi connectivity index (χ0v) is 34.5. The molecule has 0 aliphatic heterocycles. The van der Waals surface area contributed by atoms with Gasteiger partial charge in [0, 0.05) is 32.8 Å². The first kappa shape index (κ1) is 43.5. The van der Waals surface area contributed by atoms with Crippen molar-refractivity contribution in [2.24, 2.45) is 0 Å². The van der Waals surface area contributed by atoms with Crippen LogP contribution in [0.3, 0.4) is 0 Å². The third-order valence-electron chi connectivity index (χ3n) is 8.30. The summed E-state index contributed by atoms with van der Waals surface area (Å²) in [4.78, 5) is 50.0. The van der Waals surface area contributed by atoms with Crippen LogP contribution in [-0.4, -0.2) is 41.0 Å². The molecule has 0 aliphatic carbocycles. The van der Waals surface area contributed by atoms with Gasteiger partial charge in [-0.05, 0) is 102 Å². The maximum atomic E-state index is 13.2. The Morgan fingerprint density at radius 3 is 1.13 bits per heavy atom. The molecule has 8 N–H and O–H groups in total. The number of amides is 8. The van der Waals surface area contributed by atoms with Crippen molar-refractivity contribution in [2.45, 2.75) is 16.2 Å². The molecule has 0 unspecified atom stereocenters. The lowest BCUT2D eigenvalue weighted by Gasteiger charge is -2.14. The monoisotopic (exact) mass is 900 g/mol. The first-order valence-corrected chi connectivity index (χ1v) is 21.5. The minimum absolute atomic E-state index is 0.0724. The van der Waals surface area contributed by atoms with Crippen molar-refractivity contribution in [3.05, 3.63) is 167 Å². The normalized spacial score (nSPS) is 11.0. The van der Waals surface area contributed by atoms with E-state index in [1.807, 2.05) is 9.44 Å². The van der Waals surface area contributed by atoms with Crippen molar-refractivity contribution in [2.75, 3.05) is 31.9 Å². The number of nitrogens with one attached hydrogen (secondary N) is 8. The Morgan fingerprint density at radius 2 is 0.754 bits per heavy atom. The lowest BCUT2D eigenvalue weighted by atomic mass is 10.0. The van der Waals surface area contributed by atoms with Crippen LogP contribution in [0, 0.1) is 0 Å². The zero-order valence-electron chi connectivity index (χ0n) is 31.4. The number of sulfonamides is 2. The molecule has 0 atom stereocenters. The van der Waals surface area contributed by atoms with Crippen molar-refractivity contribution in [1.29, 1.82) is 0 Å². The van der Waals surface area contributed by atoms with Crippen molar-refractivity contribution in [3.8, 4) is 0 Å². The average molecular weight is 902 g/mol. The predicted octanol–water partition coefficient (Wildman–Crippen LogP) is 8.89. The summed E-state index contributed by atoms with van der Waals surface area (Å²) in [5.74, 6) is 0. The fourth-order valence-electron chi connectivity index (χ4n) is 5.63. The van der Waals surface area contributed by atoms with Crippen LogP contribution in [0.5, 0.6) is 0 Å². The molecular weight excluding hydrogens is 868 g/mol. The molecule has 0 aliphatic rings. The summed E-state index contributed by atoms with van der Waals surface area (Å²) in [5, 5.41) is 15.8. The molecule has 6 aromatic rings. The standard InChI is InChI=1S/C41H34Cl2N8O8S2/c42-28-7-5-9-32(24-28)46-38(52)48-34-11-1-3-13-36(34)60(56,57)50-40(54)44-30-19-15-26(16-20-30)23-27-17-21-31(22-18-27)45-41(55)51-61(58,59)37-14-4-2-12-35(37)49-39(53)47-33-10-6-8-29(43)25-33/h1-22,24-25H,23H2,(H2,44,50,54)(H2,45,51,55)(H2,46,48,52)(H2,47,49,53). The summed E-state index contributed by atoms with van der Waals surface area (Å²) in [5.41, 5.74) is 2.86. The first-order valence-electron chi connectivity index (χ1n) is 17.8. The predicted molar refractivity (Wildman–Crippen MR) is 235 cm³/mol. The van der Waals surface area contributed by atoms with E-state index < -0.39 is 44.2 Å². The van der Waals surface area contributed by atoms with E-state index in [9.17, 15) is 36.0 Å². The van der Waals surface area contributed by atoms with E-state index in [1.165, 1.54) is 60.7 Å². The van der Waals surface area contributed by atoms with Crippen LogP contribution >= 0.6 is 23.2 Å². The molecule has 8 amide bonds. The summed E-state index contributed by atoms with van der Waals surface area (Å²) in [6.45, 7) is 0. The van der Waals surface area contributed by atoms with E-state index >= 15 is 0 Å². The van der Waals surface area contributed by atoms with Gasteiger partial charge in [0.05, 0.1) is 11.4 Å². The van der Waals surface area contributed by atoms with Crippen LogP contribution in [0.2, 0.25) is 10.0 Å². The highest BCUT2D eigenvalue weighted by molar-refractivity contribution is 7.90. The maximum Gasteiger partial charge on any atom is 0.333 e. The molecule has 0 spiro atoms. The number of carbonyl (C=O) groups excluding carboxylic acids is 4. The number of hydrogen-bond donors (Lipinski definition) is 8. The molecule has 61 heavy (non-hydrogen) atoms. The van der Waals surface area contributed by atoms with Gasteiger partial charge in [-0.1, -0.05) is 83.9 Å². The molecule has 0 saturated carbocycles. The Balaban J connectivity index is 0.989. The molecule has 6 aromatic carbocycles. The van der Waals surface area contributed by atoms with Crippen LogP contribution in [0.4, 0.5) is 53.3 Å². The number of urea groups is 4. The molecule has 0 heterocycles. The largest absolute Gasteiger partial charge is 0.333 e. The number of rotatable bonds is 12. The number of halogens is 2. The number of anilines is 6. The molecule has 0 radical (unpaired) electrons. The summed E-state index contributed by atoms with van der Waals surface area (Å²) in [7, 11) is -8.88. The van der Waals surface area contributed by atoms with Gasteiger partial charge in [-0.25, -0.2) is 45.5 Å². The van der Waals surface area contributed by atoms with E-state index in [-0.39, 0.29) is 21.2 Å². The Kier molecular flexibility index (Phi) is 13.7. The fourth-order valence-corrected chi connectivity index (χ4v) is 8.15. The molecule has 0 aromatic heterocycles. The second kappa shape index (κ2) is 19.3. The van der Waals surface area contributed by atoms with Crippen LogP contribution < -0.4 is 41.3 Å². The second-order valence-corrected chi connectivity index (χ2v) is 17.0. The molecule has 20 heteroatoms. The Morgan fingerprint density at radius 1 is 0.393 bits per heavy atom. The van der Waals surface area contributed by atoms with Crippen LogP contribution in [-0.2, 0) is 26.5 Å². The summed E-state index contributed by atoms with van der Waals surface area (Å²) >= 11 is 11.9. The summed E-state index contributed by atoms with van der Waals surface area (Å²) in [6, 6.07) is 33.6. The van der Waals surface area contributed by atoms with Gasteiger partial charge >= 0.3 is 24.1 Å². The van der Waals surface area contributed by atoms with Gasteiger partial charge in [-0.15, -0.1) is 0 Å². The minimum atomic E-state index is -4.44. The van der Waals surface area contributed by atoms with E-state index in [1.54, 1.807) is 84.9 Å². The Labute approximate surface area is 360 Å². The van der Waals surface area contributed by atoms with E-state index in [4.69, 9.17) is 23.2 Å². The van der Waals surface area contributed by atoms with Gasteiger partial charge in [0.2, 0.25) is 0 Å². The highest BCUT2D eigenvalue weighted by Crippen LogP contribution is 2.24. The van der Waals surface area contributed by atoms with Crippen molar-refractivity contribution in [3.63, 3.8) is 0 Å². The molecule has 16 nitrogen and oxygen atoms in total. The third kappa shape index (κ3) is 12.4. The lowest BCUT2D eigenvalue weighted by Crippen LogP contribution is -2.35. The number of benzene rings is 6. The summed E-state index contributed by atoms with van der Waals surface area (Å²) < 4.78 is 56.6. The maximum absolute atomic E-state index is 13.2. The van der Waals surface area contributed by atoms with Gasteiger partial charge in [0.25, 0.3) is 20.0 Å². The summed E-state index contributed by atoms with van der Waals surface area (Å²) in [6.07, 6.45) is 0.436. The first-order chi connectivity index (χ1) is 29.1.